The Kier molecular flexibility index (Phi) is 27.2. The molecular weight excluding hydrogens is 430 g/mol. The van der Waals surface area contributed by atoms with Crippen LogP contribution in [-0.4, -0.2) is 25.3 Å². The van der Waals surface area contributed by atoms with Crippen LogP contribution in [-0.2, 0) is 10.1 Å². The maximum absolute atomic E-state index is 10.0. The van der Waals surface area contributed by atoms with Gasteiger partial charge in [0.05, 0.1) is 22.4 Å². The molecule has 198 valence electrons. The monoisotopic (exact) mass is 487 g/mol. The fourth-order valence-corrected chi connectivity index (χ4v) is 3.87. The molecule has 0 unspecified atom stereocenters. The highest BCUT2D eigenvalue weighted by Crippen LogP contribution is 2.12. The van der Waals surface area contributed by atoms with E-state index in [1.54, 1.807) is 6.08 Å². The maximum Gasteiger partial charge on any atom is 0.0982 e. The third kappa shape index (κ3) is 38.9. The van der Waals surface area contributed by atoms with Crippen LogP contribution in [0.25, 0.3) is 0 Å². The van der Waals surface area contributed by atoms with Crippen molar-refractivity contribution in [1.29, 1.82) is 0 Å². The van der Waals surface area contributed by atoms with E-state index in [2.05, 4.69) is 31.7 Å². The summed E-state index contributed by atoms with van der Waals surface area (Å²) in [7, 11) is -4.06. The first kappa shape index (κ1) is 34.5. The minimum absolute atomic E-state index is 0.293. The first-order valence-electron chi connectivity index (χ1n) is 13.7. The molecule has 0 rings (SSSR count). The highest BCUT2D eigenvalue weighted by atomic mass is 32.2. The lowest BCUT2D eigenvalue weighted by Gasteiger charge is -2.03. The normalized spacial score (nSPS) is 12.2. The molecule has 0 aromatic carbocycles. The Bertz CT molecular complexity index is 539. The van der Waals surface area contributed by atoms with Crippen LogP contribution in [0.3, 0.4) is 0 Å². The molecule has 4 nitrogen and oxygen atoms in total. The van der Waals surface area contributed by atoms with Gasteiger partial charge in [-0.1, -0.05) is 116 Å². The van der Waals surface area contributed by atoms with Crippen molar-refractivity contribution in [3.05, 3.63) is 24.3 Å². The SMILES string of the molecule is CC(C)C=CCS(=O)(=O)[O-].CC(C)CCCCCCC/C=C\CCCCCCCCCC[NH3+]. The number of rotatable bonds is 21. The molecule has 0 atom stereocenters. The van der Waals surface area contributed by atoms with E-state index in [9.17, 15) is 13.0 Å². The minimum atomic E-state index is -4.06. The topological polar surface area (TPSA) is 84.8 Å². The van der Waals surface area contributed by atoms with Crippen LogP contribution in [0.2, 0.25) is 0 Å². The molecule has 0 aliphatic heterocycles. The van der Waals surface area contributed by atoms with Crippen LogP contribution in [0.15, 0.2) is 24.3 Å². The molecule has 0 aromatic heterocycles. The Morgan fingerprint density at radius 2 is 1.09 bits per heavy atom. The van der Waals surface area contributed by atoms with E-state index in [0.717, 1.165) is 12.5 Å². The second-order valence-corrected chi connectivity index (χ2v) is 11.5. The van der Waals surface area contributed by atoms with Gasteiger partial charge in [-0.25, -0.2) is 8.42 Å². The molecule has 0 fully saturated rings. The third-order valence-corrected chi connectivity index (χ3v) is 6.11. The van der Waals surface area contributed by atoms with Crippen molar-refractivity contribution >= 4 is 10.1 Å². The lowest BCUT2D eigenvalue weighted by molar-refractivity contribution is -0.368. The number of hydrogen-bond donors (Lipinski definition) is 1. The second-order valence-electron chi connectivity index (χ2n) is 10.1. The Hall–Kier alpha value is -0.650. The van der Waals surface area contributed by atoms with Gasteiger partial charge < -0.3 is 10.3 Å². The zero-order valence-electron chi connectivity index (χ0n) is 22.5. The molecule has 3 N–H and O–H groups in total. The summed E-state index contributed by atoms with van der Waals surface area (Å²) in [6.45, 7) is 9.60. The molecule has 0 bridgehead atoms. The zero-order valence-corrected chi connectivity index (χ0v) is 23.3. The zero-order chi connectivity index (χ0) is 25.2. The van der Waals surface area contributed by atoms with Crippen LogP contribution in [0.5, 0.6) is 0 Å². The van der Waals surface area contributed by atoms with Crippen LogP contribution >= 0.6 is 0 Å². The highest BCUT2D eigenvalue weighted by Gasteiger charge is 1.94. The van der Waals surface area contributed by atoms with Crippen LogP contribution in [0, 0.1) is 11.8 Å². The van der Waals surface area contributed by atoms with Crippen molar-refractivity contribution in [3.63, 3.8) is 0 Å². The summed E-state index contributed by atoms with van der Waals surface area (Å²) in [4.78, 5) is 0. The van der Waals surface area contributed by atoms with Crippen molar-refractivity contribution in [1.82, 2.24) is 0 Å². The van der Waals surface area contributed by atoms with Crippen molar-refractivity contribution in [2.45, 2.75) is 130 Å². The summed E-state index contributed by atoms with van der Waals surface area (Å²) in [5, 5.41) is 0. The van der Waals surface area contributed by atoms with Crippen molar-refractivity contribution in [2.24, 2.45) is 11.8 Å². The molecule has 0 aliphatic rings. The molecule has 0 heterocycles. The summed E-state index contributed by atoms with van der Waals surface area (Å²) in [6.07, 6.45) is 30.3. The molecule has 5 heteroatoms. The molecule has 0 amide bonds. The first-order valence-corrected chi connectivity index (χ1v) is 15.3. The van der Waals surface area contributed by atoms with Crippen LogP contribution < -0.4 is 5.73 Å². The van der Waals surface area contributed by atoms with Crippen molar-refractivity contribution in [3.8, 4) is 0 Å². The van der Waals surface area contributed by atoms with E-state index in [-0.39, 0.29) is 0 Å². The predicted octanol–water partition coefficient (Wildman–Crippen LogP) is 7.43. The van der Waals surface area contributed by atoms with Crippen molar-refractivity contribution in [2.75, 3.05) is 12.3 Å². The average Bonchev–Trinajstić information content (AvgIpc) is 2.72. The summed E-state index contributed by atoms with van der Waals surface area (Å²) >= 11 is 0. The second kappa shape index (κ2) is 26.0. The fourth-order valence-electron chi connectivity index (χ4n) is 3.53. The summed E-state index contributed by atoms with van der Waals surface area (Å²) in [5.41, 5.74) is 3.90. The molecule has 0 aromatic rings. The summed E-state index contributed by atoms with van der Waals surface area (Å²) in [6, 6.07) is 0. The standard InChI is InChI=1S/C22H45N.C6H12O3S/c1-22(2)20-18-16-14-12-10-8-6-4-3-5-7-9-11-13-15-17-19-21-23;1-6(2)4-3-5-10(7,8)9/h4,6,22H,3,5,7-21,23H2,1-2H3;3-4,6H,5H2,1-2H3,(H,7,8,9)/b6-4-;. The molecule has 0 saturated carbocycles. The summed E-state index contributed by atoms with van der Waals surface area (Å²) in [5.74, 6) is 0.781. The van der Waals surface area contributed by atoms with Crippen molar-refractivity contribution < 1.29 is 18.7 Å². The largest absolute Gasteiger partial charge is 0.748 e. The number of quaternary nitrogens is 1. The van der Waals surface area contributed by atoms with Gasteiger partial charge in [-0.3, -0.25) is 0 Å². The minimum Gasteiger partial charge on any atom is -0.748 e. The predicted molar refractivity (Wildman–Crippen MR) is 144 cm³/mol. The molecular formula is C28H57NO3S. The smallest absolute Gasteiger partial charge is 0.0982 e. The highest BCUT2D eigenvalue weighted by molar-refractivity contribution is 7.85. The quantitative estimate of drug-likeness (QED) is 0.104. The lowest BCUT2D eigenvalue weighted by atomic mass is 10.0. The Balaban J connectivity index is 0. The summed E-state index contributed by atoms with van der Waals surface area (Å²) < 4.78 is 30.0. The van der Waals surface area contributed by atoms with Gasteiger partial charge in [0, 0.05) is 0 Å². The van der Waals surface area contributed by atoms with Gasteiger partial charge in [-0.15, -0.1) is 0 Å². The Morgan fingerprint density at radius 3 is 1.48 bits per heavy atom. The molecule has 0 spiro atoms. The molecule has 0 saturated heterocycles. The fraction of sp³-hybridized carbons (Fsp3) is 0.857. The lowest BCUT2D eigenvalue weighted by Crippen LogP contribution is -2.50. The van der Waals surface area contributed by atoms with Gasteiger partial charge in [0.25, 0.3) is 0 Å². The van der Waals surface area contributed by atoms with Gasteiger partial charge in [-0.2, -0.15) is 0 Å². The van der Waals surface area contributed by atoms with Crippen LogP contribution in [0.1, 0.15) is 130 Å². The van der Waals surface area contributed by atoms with E-state index in [1.807, 2.05) is 13.8 Å². The van der Waals surface area contributed by atoms with E-state index >= 15 is 0 Å². The van der Waals surface area contributed by atoms with Gasteiger partial charge in [-0.05, 0) is 50.4 Å². The van der Waals surface area contributed by atoms with Gasteiger partial charge in [0.2, 0.25) is 0 Å². The molecule has 33 heavy (non-hydrogen) atoms. The Morgan fingerprint density at radius 1 is 0.667 bits per heavy atom. The number of allylic oxidation sites excluding steroid dienone is 3. The molecule has 0 aliphatic carbocycles. The van der Waals surface area contributed by atoms with E-state index < -0.39 is 15.9 Å². The maximum atomic E-state index is 10.0. The Labute approximate surface area is 207 Å². The number of unbranched alkanes of at least 4 members (excludes halogenated alkanes) is 13. The third-order valence-electron chi connectivity index (χ3n) is 5.51. The van der Waals surface area contributed by atoms with E-state index in [4.69, 9.17) is 0 Å². The molecule has 0 radical (unpaired) electrons. The van der Waals surface area contributed by atoms with E-state index in [0.29, 0.717) is 5.92 Å². The number of hydrogen-bond acceptors (Lipinski definition) is 3. The van der Waals surface area contributed by atoms with Crippen LogP contribution in [0.4, 0.5) is 0 Å². The van der Waals surface area contributed by atoms with Gasteiger partial charge in [0.1, 0.15) is 0 Å². The first-order chi connectivity index (χ1) is 15.7. The average molecular weight is 488 g/mol. The van der Waals surface area contributed by atoms with E-state index in [1.165, 1.54) is 109 Å². The van der Waals surface area contributed by atoms with Gasteiger partial charge >= 0.3 is 0 Å². The van der Waals surface area contributed by atoms with Gasteiger partial charge in [0.15, 0.2) is 0 Å².